The highest BCUT2D eigenvalue weighted by atomic mass is 16.5. The number of amides is 1. The molecule has 0 aliphatic carbocycles. The number of carbonyl (C=O) groups is 1. The van der Waals surface area contributed by atoms with Crippen molar-refractivity contribution in [3.05, 3.63) is 11.3 Å². The van der Waals surface area contributed by atoms with Crippen molar-refractivity contribution in [2.45, 2.75) is 20.8 Å². The maximum atomic E-state index is 10.5. The Morgan fingerprint density at radius 2 is 2.00 bits per heavy atom. The molecule has 0 atom stereocenters. The largest absolute Gasteiger partial charge is 0.498 e. The van der Waals surface area contributed by atoms with Gasteiger partial charge in [0.05, 0.1) is 12.2 Å². The Bertz CT molecular complexity index is 161. The third kappa shape index (κ3) is 2.53. The molecule has 58 valence electrons. The van der Waals surface area contributed by atoms with Gasteiger partial charge in [-0.15, -0.1) is 0 Å². The third-order valence-electron chi connectivity index (χ3n) is 1.26. The minimum atomic E-state index is -0.425. The zero-order valence-electron chi connectivity index (χ0n) is 6.60. The summed E-state index contributed by atoms with van der Waals surface area (Å²) in [4.78, 5) is 10.5. The van der Waals surface area contributed by atoms with Gasteiger partial charge in [0, 0.05) is 0 Å². The van der Waals surface area contributed by atoms with Crippen molar-refractivity contribution in [2.24, 2.45) is 5.73 Å². The van der Waals surface area contributed by atoms with E-state index in [-0.39, 0.29) is 0 Å². The summed E-state index contributed by atoms with van der Waals surface area (Å²) in [6.45, 7) is 5.80. The maximum Gasteiger partial charge on any atom is 0.247 e. The quantitative estimate of drug-likeness (QED) is 0.469. The highest BCUT2D eigenvalue weighted by Crippen LogP contribution is 2.02. The van der Waals surface area contributed by atoms with Crippen molar-refractivity contribution >= 4 is 5.91 Å². The van der Waals surface area contributed by atoms with Gasteiger partial charge in [0.15, 0.2) is 0 Å². The second-order valence-corrected chi connectivity index (χ2v) is 1.98. The number of allylic oxidation sites excluding steroid dienone is 1. The second kappa shape index (κ2) is 3.93. The summed E-state index contributed by atoms with van der Waals surface area (Å²) >= 11 is 0. The molecule has 1 amide bonds. The number of rotatable bonds is 3. The van der Waals surface area contributed by atoms with Crippen LogP contribution < -0.4 is 5.73 Å². The maximum absolute atomic E-state index is 10.5. The average Bonchev–Trinajstić information content (AvgIpc) is 1.87. The van der Waals surface area contributed by atoms with Crippen molar-refractivity contribution in [3.63, 3.8) is 0 Å². The number of hydrogen-bond acceptors (Lipinski definition) is 2. The van der Waals surface area contributed by atoms with Crippen molar-refractivity contribution in [3.8, 4) is 0 Å². The van der Waals surface area contributed by atoms with E-state index in [0.717, 1.165) is 0 Å². The lowest BCUT2D eigenvalue weighted by molar-refractivity contribution is -0.114. The van der Waals surface area contributed by atoms with Gasteiger partial charge in [-0.1, -0.05) is 0 Å². The first kappa shape index (κ1) is 9.01. The van der Waals surface area contributed by atoms with Crippen LogP contribution in [0.5, 0.6) is 0 Å². The zero-order valence-corrected chi connectivity index (χ0v) is 6.60. The van der Waals surface area contributed by atoms with Gasteiger partial charge in [-0.25, -0.2) is 0 Å². The third-order valence-corrected chi connectivity index (χ3v) is 1.26. The van der Waals surface area contributed by atoms with E-state index < -0.39 is 5.91 Å². The Labute approximate surface area is 60.9 Å². The van der Waals surface area contributed by atoms with Gasteiger partial charge in [0.2, 0.25) is 5.91 Å². The Kier molecular flexibility index (Phi) is 3.54. The predicted molar refractivity (Wildman–Crippen MR) is 39.2 cm³/mol. The lowest BCUT2D eigenvalue weighted by atomic mass is 10.2. The lowest BCUT2D eigenvalue weighted by Crippen LogP contribution is -2.13. The monoisotopic (exact) mass is 143 g/mol. The molecule has 10 heavy (non-hydrogen) atoms. The molecule has 3 heteroatoms. The van der Waals surface area contributed by atoms with E-state index in [4.69, 9.17) is 10.5 Å². The molecule has 0 bridgehead atoms. The first-order valence-corrected chi connectivity index (χ1v) is 3.19. The van der Waals surface area contributed by atoms with Gasteiger partial charge in [-0.3, -0.25) is 4.79 Å². The molecule has 0 heterocycles. The molecule has 0 saturated heterocycles. The Balaban J connectivity index is 4.19. The minimum absolute atomic E-state index is 0.425. The summed E-state index contributed by atoms with van der Waals surface area (Å²) in [5.41, 5.74) is 5.48. The van der Waals surface area contributed by atoms with Gasteiger partial charge in [-0.2, -0.15) is 0 Å². The van der Waals surface area contributed by atoms with Crippen LogP contribution in [0.1, 0.15) is 20.8 Å². The summed E-state index contributed by atoms with van der Waals surface area (Å²) in [6.07, 6.45) is 0. The molecule has 0 rings (SSSR count). The average molecular weight is 143 g/mol. The molecule has 2 N–H and O–H groups in total. The molecule has 0 radical (unpaired) electrons. The van der Waals surface area contributed by atoms with Crippen LogP contribution in [0.2, 0.25) is 0 Å². The first-order valence-electron chi connectivity index (χ1n) is 3.19. The molecule has 0 unspecified atom stereocenters. The fourth-order valence-electron chi connectivity index (χ4n) is 0.498. The van der Waals surface area contributed by atoms with Crippen molar-refractivity contribution in [1.82, 2.24) is 0 Å². The molecule has 0 aliphatic heterocycles. The van der Waals surface area contributed by atoms with E-state index in [9.17, 15) is 4.79 Å². The Morgan fingerprint density at radius 3 is 2.30 bits per heavy atom. The van der Waals surface area contributed by atoms with Crippen molar-refractivity contribution in [1.29, 1.82) is 0 Å². The first-order chi connectivity index (χ1) is 4.59. The molecule has 0 fully saturated rings. The van der Waals surface area contributed by atoms with E-state index >= 15 is 0 Å². The molecule has 0 aromatic heterocycles. The minimum Gasteiger partial charge on any atom is -0.498 e. The number of carbonyl (C=O) groups excluding carboxylic acids is 1. The van der Waals surface area contributed by atoms with Crippen molar-refractivity contribution in [2.75, 3.05) is 6.61 Å². The molecule has 3 nitrogen and oxygen atoms in total. The molecule has 0 aliphatic rings. The molecular formula is C7H13NO2. The van der Waals surface area contributed by atoms with E-state index in [2.05, 4.69) is 0 Å². The van der Waals surface area contributed by atoms with E-state index in [0.29, 0.717) is 17.9 Å². The number of hydrogen-bond donors (Lipinski definition) is 1. The highest BCUT2D eigenvalue weighted by molar-refractivity contribution is 5.91. The topological polar surface area (TPSA) is 52.3 Å². The fourth-order valence-corrected chi connectivity index (χ4v) is 0.498. The van der Waals surface area contributed by atoms with Gasteiger partial charge in [0.1, 0.15) is 5.76 Å². The molecule has 0 saturated carbocycles. The highest BCUT2D eigenvalue weighted by Gasteiger charge is 2.02. The molecular weight excluding hydrogens is 130 g/mol. The Morgan fingerprint density at radius 1 is 1.50 bits per heavy atom. The van der Waals surface area contributed by atoms with Crippen LogP contribution in [-0.2, 0) is 9.53 Å². The molecule has 0 aromatic carbocycles. The van der Waals surface area contributed by atoms with Crippen LogP contribution in [0, 0.1) is 0 Å². The number of ether oxygens (including phenoxy) is 1. The summed E-state index contributed by atoms with van der Waals surface area (Å²) < 4.78 is 5.04. The van der Waals surface area contributed by atoms with Crippen LogP contribution in [-0.4, -0.2) is 12.5 Å². The van der Waals surface area contributed by atoms with E-state index in [1.54, 1.807) is 13.8 Å². The summed E-state index contributed by atoms with van der Waals surface area (Å²) in [6, 6.07) is 0. The van der Waals surface area contributed by atoms with Crippen LogP contribution in [0.15, 0.2) is 11.3 Å². The normalized spacial score (nSPS) is 12.3. The molecule has 0 spiro atoms. The predicted octanol–water partition coefficient (Wildman–Crippen LogP) is 0.802. The van der Waals surface area contributed by atoms with E-state index in [1.807, 2.05) is 6.92 Å². The summed E-state index contributed by atoms with van der Waals surface area (Å²) in [7, 11) is 0. The summed E-state index contributed by atoms with van der Waals surface area (Å²) in [5, 5.41) is 0. The van der Waals surface area contributed by atoms with E-state index in [1.165, 1.54) is 0 Å². The van der Waals surface area contributed by atoms with Crippen LogP contribution in [0.3, 0.4) is 0 Å². The van der Waals surface area contributed by atoms with Crippen LogP contribution in [0.4, 0.5) is 0 Å². The smallest absolute Gasteiger partial charge is 0.247 e. The number of primary amides is 1. The van der Waals surface area contributed by atoms with Crippen molar-refractivity contribution < 1.29 is 9.53 Å². The van der Waals surface area contributed by atoms with Gasteiger partial charge < -0.3 is 10.5 Å². The summed E-state index contributed by atoms with van der Waals surface area (Å²) in [5.74, 6) is 0.181. The lowest BCUT2D eigenvalue weighted by Gasteiger charge is -2.04. The standard InChI is InChI=1S/C7H13NO2/c1-4-10-6(3)5(2)7(8)9/h4H2,1-3H3,(H2,8,9)/b6-5+. The van der Waals surface area contributed by atoms with Crippen LogP contribution in [0.25, 0.3) is 0 Å². The van der Waals surface area contributed by atoms with Gasteiger partial charge in [0.25, 0.3) is 0 Å². The van der Waals surface area contributed by atoms with Gasteiger partial charge >= 0.3 is 0 Å². The molecule has 0 aromatic rings. The number of nitrogens with two attached hydrogens (primary N) is 1. The van der Waals surface area contributed by atoms with Crippen LogP contribution >= 0.6 is 0 Å². The SMILES string of the molecule is CCO/C(C)=C(\C)C(N)=O. The second-order valence-electron chi connectivity index (χ2n) is 1.98. The van der Waals surface area contributed by atoms with Gasteiger partial charge in [-0.05, 0) is 20.8 Å². The Hall–Kier alpha value is -0.990. The zero-order chi connectivity index (χ0) is 8.15. The fraction of sp³-hybridized carbons (Fsp3) is 0.571.